The molecule has 5 rings (SSSR count). The molecule has 1 aromatic heterocycles. The highest BCUT2D eigenvalue weighted by molar-refractivity contribution is 5.87. The first-order valence-electron chi connectivity index (χ1n) is 14.5. The largest absolute Gasteiger partial charge is 0.480 e. The Morgan fingerprint density at radius 2 is 1.28 bits per heavy atom. The maximum atomic E-state index is 12.7. The minimum atomic E-state index is -1.08. The van der Waals surface area contributed by atoms with E-state index >= 15 is 0 Å². The van der Waals surface area contributed by atoms with E-state index in [4.69, 9.17) is 10.7 Å². The van der Waals surface area contributed by atoms with Crippen LogP contribution in [0.15, 0.2) is 134 Å². The van der Waals surface area contributed by atoms with Gasteiger partial charge in [0.1, 0.15) is 11.6 Å². The van der Waals surface area contributed by atoms with E-state index in [1.165, 1.54) is 0 Å². The smallest absolute Gasteiger partial charge is 0.326 e. The summed E-state index contributed by atoms with van der Waals surface area (Å²) in [6.45, 7) is 0. The molecule has 218 valence electrons. The molecule has 43 heavy (non-hydrogen) atoms. The SMILES string of the molecule is N[C@H](Cc1ccccc1)C(=O)NC(CCCc1cn(C(c2ccccc2)(c2ccccc2)c2ccccc2)cn1)C(=O)O. The lowest BCUT2D eigenvalue weighted by molar-refractivity contribution is -0.142. The van der Waals surface area contributed by atoms with Crippen molar-refractivity contribution >= 4 is 11.9 Å². The first kappa shape index (κ1) is 29.5. The minimum Gasteiger partial charge on any atom is -0.480 e. The van der Waals surface area contributed by atoms with E-state index in [-0.39, 0.29) is 6.42 Å². The molecule has 4 aromatic carbocycles. The van der Waals surface area contributed by atoms with Crippen molar-refractivity contribution in [2.24, 2.45) is 5.73 Å². The summed E-state index contributed by atoms with van der Waals surface area (Å²) in [5.41, 5.74) is 10.5. The second-order valence-electron chi connectivity index (χ2n) is 10.7. The average molecular weight is 573 g/mol. The molecule has 4 N–H and O–H groups in total. The van der Waals surface area contributed by atoms with Gasteiger partial charge in [0.15, 0.2) is 0 Å². The van der Waals surface area contributed by atoms with Crippen molar-refractivity contribution in [3.8, 4) is 0 Å². The zero-order valence-electron chi connectivity index (χ0n) is 23.9. The van der Waals surface area contributed by atoms with Crippen LogP contribution in [0.25, 0.3) is 0 Å². The number of nitrogens with two attached hydrogens (primary N) is 1. The molecule has 1 amide bonds. The van der Waals surface area contributed by atoms with Gasteiger partial charge >= 0.3 is 5.97 Å². The molecule has 0 spiro atoms. The van der Waals surface area contributed by atoms with Gasteiger partial charge in [-0.05, 0) is 47.9 Å². The Morgan fingerprint density at radius 1 is 0.791 bits per heavy atom. The van der Waals surface area contributed by atoms with Gasteiger partial charge in [0, 0.05) is 6.20 Å². The zero-order valence-corrected chi connectivity index (χ0v) is 23.9. The predicted molar refractivity (Wildman–Crippen MR) is 167 cm³/mol. The fourth-order valence-corrected chi connectivity index (χ4v) is 5.65. The maximum absolute atomic E-state index is 12.7. The summed E-state index contributed by atoms with van der Waals surface area (Å²) < 4.78 is 2.14. The summed E-state index contributed by atoms with van der Waals surface area (Å²) in [7, 11) is 0. The predicted octanol–water partition coefficient (Wildman–Crippen LogP) is 5.19. The van der Waals surface area contributed by atoms with Crippen LogP contribution >= 0.6 is 0 Å². The number of aliphatic carboxylic acids is 1. The number of hydrogen-bond donors (Lipinski definition) is 3. The topological polar surface area (TPSA) is 110 Å². The number of benzene rings is 4. The van der Waals surface area contributed by atoms with Gasteiger partial charge in [-0.3, -0.25) is 4.79 Å². The molecule has 0 aliphatic carbocycles. The third-order valence-corrected chi connectivity index (χ3v) is 7.77. The second kappa shape index (κ2) is 13.8. The number of nitrogens with one attached hydrogen (secondary N) is 1. The molecule has 1 unspecified atom stereocenters. The van der Waals surface area contributed by atoms with Gasteiger partial charge in [-0.15, -0.1) is 0 Å². The second-order valence-corrected chi connectivity index (χ2v) is 10.7. The van der Waals surface area contributed by atoms with Crippen molar-refractivity contribution in [1.29, 1.82) is 0 Å². The van der Waals surface area contributed by atoms with Crippen molar-refractivity contribution in [2.45, 2.75) is 43.3 Å². The van der Waals surface area contributed by atoms with Gasteiger partial charge in [-0.2, -0.15) is 0 Å². The molecule has 0 radical (unpaired) electrons. The maximum Gasteiger partial charge on any atom is 0.326 e. The number of amides is 1. The quantitative estimate of drug-likeness (QED) is 0.168. The highest BCUT2D eigenvalue weighted by atomic mass is 16.4. The van der Waals surface area contributed by atoms with Gasteiger partial charge in [0.2, 0.25) is 5.91 Å². The van der Waals surface area contributed by atoms with E-state index in [1.54, 1.807) is 0 Å². The lowest BCUT2D eigenvalue weighted by atomic mass is 9.77. The molecule has 5 aromatic rings. The summed E-state index contributed by atoms with van der Waals surface area (Å²) >= 11 is 0. The number of hydrogen-bond acceptors (Lipinski definition) is 4. The fourth-order valence-electron chi connectivity index (χ4n) is 5.65. The molecule has 0 fully saturated rings. The first-order valence-corrected chi connectivity index (χ1v) is 14.5. The lowest BCUT2D eigenvalue weighted by Gasteiger charge is -2.37. The summed E-state index contributed by atoms with van der Waals surface area (Å²) in [5.74, 6) is -1.55. The Labute approximate surface area is 252 Å². The molecule has 7 heteroatoms. The van der Waals surface area contributed by atoms with Crippen LogP contribution in [0, 0.1) is 0 Å². The van der Waals surface area contributed by atoms with Crippen molar-refractivity contribution in [3.05, 3.63) is 162 Å². The average Bonchev–Trinajstić information content (AvgIpc) is 3.52. The molecular formula is C36H36N4O3. The molecule has 1 heterocycles. The van der Waals surface area contributed by atoms with Crippen LogP contribution in [0.5, 0.6) is 0 Å². The minimum absolute atomic E-state index is 0.257. The van der Waals surface area contributed by atoms with Crippen LogP contribution in [0.3, 0.4) is 0 Å². The summed E-state index contributed by atoms with van der Waals surface area (Å²) in [6, 6.07) is 38.6. The normalized spacial score (nSPS) is 12.8. The fraction of sp³-hybridized carbons (Fsp3) is 0.194. The van der Waals surface area contributed by atoms with E-state index in [9.17, 15) is 14.7 Å². The molecule has 0 aliphatic rings. The summed E-state index contributed by atoms with van der Waals surface area (Å²) in [4.78, 5) is 29.4. The molecule has 0 saturated heterocycles. The number of aromatic nitrogens is 2. The number of aryl methyl sites for hydroxylation is 1. The summed E-state index contributed by atoms with van der Waals surface area (Å²) in [6.07, 6.45) is 5.56. The third kappa shape index (κ3) is 6.74. The third-order valence-electron chi connectivity index (χ3n) is 7.77. The van der Waals surface area contributed by atoms with Crippen molar-refractivity contribution in [3.63, 3.8) is 0 Å². The van der Waals surface area contributed by atoms with E-state index in [1.807, 2.05) is 97.5 Å². The van der Waals surface area contributed by atoms with Gasteiger partial charge in [0.05, 0.1) is 18.1 Å². The van der Waals surface area contributed by atoms with Crippen LogP contribution in [0.1, 0.15) is 40.8 Å². The standard InChI is InChI=1S/C36H36N4O3/c37-32(24-27-14-5-1-6-15-27)34(41)39-33(35(42)43)23-13-22-31-25-40(26-38-31)36(28-16-7-2-8-17-28,29-18-9-3-10-19-29)30-20-11-4-12-21-30/h1-12,14-21,25-26,32-33H,13,22-24,37H2,(H,39,41)(H,42,43)/t32-,33?/m1/s1. The van der Waals surface area contributed by atoms with Crippen LogP contribution in [0.2, 0.25) is 0 Å². The van der Waals surface area contributed by atoms with Crippen LogP contribution < -0.4 is 11.1 Å². The van der Waals surface area contributed by atoms with E-state index in [0.717, 1.165) is 27.9 Å². The Hall–Kier alpha value is -5.01. The van der Waals surface area contributed by atoms with Gasteiger partial charge < -0.3 is 20.7 Å². The van der Waals surface area contributed by atoms with Crippen molar-refractivity contribution in [1.82, 2.24) is 14.9 Å². The van der Waals surface area contributed by atoms with Crippen molar-refractivity contribution < 1.29 is 14.7 Å². The highest BCUT2D eigenvalue weighted by Crippen LogP contribution is 2.40. The Balaban J connectivity index is 1.34. The Kier molecular flexibility index (Phi) is 9.44. The monoisotopic (exact) mass is 572 g/mol. The molecule has 0 saturated carbocycles. The number of imidazole rings is 1. The molecular weight excluding hydrogens is 536 g/mol. The van der Waals surface area contributed by atoms with Crippen LogP contribution in [0.4, 0.5) is 0 Å². The number of carboxylic acid groups (broad SMARTS) is 1. The molecule has 0 bridgehead atoms. The van der Waals surface area contributed by atoms with Gasteiger partial charge in [0.25, 0.3) is 0 Å². The van der Waals surface area contributed by atoms with Gasteiger partial charge in [-0.25, -0.2) is 9.78 Å². The van der Waals surface area contributed by atoms with E-state index < -0.39 is 29.5 Å². The van der Waals surface area contributed by atoms with E-state index in [2.05, 4.69) is 46.3 Å². The number of nitrogens with zero attached hydrogens (tertiary/aromatic N) is 2. The first-order chi connectivity index (χ1) is 21.0. The van der Waals surface area contributed by atoms with Crippen LogP contribution in [-0.4, -0.2) is 38.6 Å². The summed E-state index contributed by atoms with van der Waals surface area (Å²) in [5, 5.41) is 12.4. The molecule has 7 nitrogen and oxygen atoms in total. The number of rotatable bonds is 13. The highest BCUT2D eigenvalue weighted by Gasteiger charge is 2.38. The number of carbonyl (C=O) groups excluding carboxylic acids is 1. The number of carboxylic acids is 1. The lowest BCUT2D eigenvalue weighted by Crippen LogP contribution is -2.49. The molecule has 2 atom stereocenters. The van der Waals surface area contributed by atoms with E-state index in [0.29, 0.717) is 19.3 Å². The molecule has 0 aliphatic heterocycles. The Bertz CT molecular complexity index is 1510. The van der Waals surface area contributed by atoms with Gasteiger partial charge in [-0.1, -0.05) is 121 Å². The Morgan fingerprint density at radius 3 is 1.77 bits per heavy atom. The number of carbonyl (C=O) groups is 2. The van der Waals surface area contributed by atoms with Crippen molar-refractivity contribution in [2.75, 3.05) is 0 Å². The zero-order chi connectivity index (χ0) is 30.1. The van der Waals surface area contributed by atoms with Crippen LogP contribution in [-0.2, 0) is 28.0 Å².